The molecule has 2 nitrogen and oxygen atoms in total. The molecule has 0 radical (unpaired) electrons. The van der Waals surface area contributed by atoms with Gasteiger partial charge < -0.3 is 9.80 Å². The predicted molar refractivity (Wildman–Crippen MR) is 92.7 cm³/mol. The first kappa shape index (κ1) is 14.1. The van der Waals surface area contributed by atoms with Crippen molar-refractivity contribution in [2.45, 2.75) is 24.9 Å². The second kappa shape index (κ2) is 5.60. The van der Waals surface area contributed by atoms with E-state index >= 15 is 0 Å². The SMILES string of the molecule is CN1CC[C@@H]2[C@H](C1)c1cc(Cl)ccc1N2Cc1ccccc1. The van der Waals surface area contributed by atoms with Gasteiger partial charge in [0, 0.05) is 35.8 Å². The minimum absolute atomic E-state index is 0.580. The summed E-state index contributed by atoms with van der Waals surface area (Å²) in [4.78, 5) is 5.04. The molecule has 0 aromatic heterocycles. The first-order valence-electron chi connectivity index (χ1n) is 8.01. The first-order chi connectivity index (χ1) is 10.7. The van der Waals surface area contributed by atoms with Gasteiger partial charge in [0.25, 0.3) is 0 Å². The van der Waals surface area contributed by atoms with E-state index in [9.17, 15) is 0 Å². The van der Waals surface area contributed by atoms with Crippen LogP contribution in [-0.4, -0.2) is 31.1 Å². The summed E-state index contributed by atoms with van der Waals surface area (Å²) in [5, 5.41) is 0.854. The normalized spacial score (nSPS) is 24.2. The minimum atomic E-state index is 0.580. The zero-order valence-corrected chi connectivity index (χ0v) is 13.6. The Balaban J connectivity index is 1.72. The van der Waals surface area contributed by atoms with Crippen molar-refractivity contribution in [3.63, 3.8) is 0 Å². The molecule has 4 rings (SSSR count). The van der Waals surface area contributed by atoms with E-state index in [2.05, 4.69) is 59.3 Å². The van der Waals surface area contributed by atoms with Crippen LogP contribution in [0.2, 0.25) is 5.02 Å². The van der Waals surface area contributed by atoms with Gasteiger partial charge >= 0.3 is 0 Å². The maximum absolute atomic E-state index is 6.27. The van der Waals surface area contributed by atoms with Crippen LogP contribution in [0.1, 0.15) is 23.5 Å². The van der Waals surface area contributed by atoms with E-state index < -0.39 is 0 Å². The van der Waals surface area contributed by atoms with Crippen LogP contribution in [0.5, 0.6) is 0 Å². The highest BCUT2D eigenvalue weighted by atomic mass is 35.5. The van der Waals surface area contributed by atoms with Gasteiger partial charge in [0.15, 0.2) is 0 Å². The first-order valence-corrected chi connectivity index (χ1v) is 8.39. The van der Waals surface area contributed by atoms with E-state index in [-0.39, 0.29) is 0 Å². The van der Waals surface area contributed by atoms with Gasteiger partial charge in [0.2, 0.25) is 0 Å². The van der Waals surface area contributed by atoms with Crippen LogP contribution in [0.25, 0.3) is 0 Å². The molecule has 2 aliphatic rings. The molecular formula is C19H21ClN2. The van der Waals surface area contributed by atoms with Crippen molar-refractivity contribution < 1.29 is 0 Å². The van der Waals surface area contributed by atoms with Crippen LogP contribution in [0.3, 0.4) is 0 Å². The molecule has 3 heteroatoms. The molecule has 0 saturated carbocycles. The molecule has 0 bridgehead atoms. The molecule has 22 heavy (non-hydrogen) atoms. The Labute approximate surface area is 137 Å². The molecule has 1 saturated heterocycles. The van der Waals surface area contributed by atoms with Gasteiger partial charge in [-0.05, 0) is 49.3 Å². The Morgan fingerprint density at radius 1 is 1.14 bits per heavy atom. The maximum atomic E-state index is 6.27. The predicted octanol–water partition coefficient (Wildman–Crippen LogP) is 4.15. The van der Waals surface area contributed by atoms with E-state index in [1.54, 1.807) is 0 Å². The summed E-state index contributed by atoms with van der Waals surface area (Å²) in [6.07, 6.45) is 1.22. The Morgan fingerprint density at radius 2 is 1.95 bits per heavy atom. The average molecular weight is 313 g/mol. The summed E-state index contributed by atoms with van der Waals surface area (Å²) in [5.41, 5.74) is 4.18. The molecule has 2 atom stereocenters. The average Bonchev–Trinajstić information content (AvgIpc) is 2.81. The molecule has 2 aliphatic heterocycles. The lowest BCUT2D eigenvalue weighted by atomic mass is 9.89. The summed E-state index contributed by atoms with van der Waals surface area (Å²) in [6, 6.07) is 17.8. The molecule has 0 amide bonds. The summed E-state index contributed by atoms with van der Waals surface area (Å²) >= 11 is 6.27. The van der Waals surface area contributed by atoms with Crippen molar-refractivity contribution in [2.24, 2.45) is 0 Å². The lowest BCUT2D eigenvalue weighted by molar-refractivity contribution is 0.231. The summed E-state index contributed by atoms with van der Waals surface area (Å²) in [6.45, 7) is 3.29. The second-order valence-corrected chi connectivity index (χ2v) is 6.98. The van der Waals surface area contributed by atoms with Gasteiger partial charge in [0.05, 0.1) is 0 Å². The van der Waals surface area contributed by atoms with Crippen molar-refractivity contribution in [1.29, 1.82) is 0 Å². The molecule has 0 spiro atoms. The van der Waals surface area contributed by atoms with Crippen molar-refractivity contribution >= 4 is 17.3 Å². The number of piperidine rings is 1. The third kappa shape index (κ3) is 2.41. The molecule has 2 heterocycles. The van der Waals surface area contributed by atoms with Crippen LogP contribution < -0.4 is 4.90 Å². The van der Waals surface area contributed by atoms with Crippen LogP contribution in [0, 0.1) is 0 Å². The molecule has 114 valence electrons. The summed E-state index contributed by atoms with van der Waals surface area (Å²) < 4.78 is 0. The fourth-order valence-corrected chi connectivity index (χ4v) is 4.21. The van der Waals surface area contributed by atoms with E-state index in [1.807, 2.05) is 6.07 Å². The largest absolute Gasteiger partial charge is 0.363 e. The van der Waals surface area contributed by atoms with Gasteiger partial charge in [-0.2, -0.15) is 0 Å². The monoisotopic (exact) mass is 312 g/mol. The summed E-state index contributed by atoms with van der Waals surface area (Å²) in [5.74, 6) is 0.580. The van der Waals surface area contributed by atoms with Gasteiger partial charge in [-0.1, -0.05) is 41.9 Å². The van der Waals surface area contributed by atoms with Crippen molar-refractivity contribution in [3.05, 3.63) is 64.7 Å². The third-order valence-corrected chi connectivity index (χ3v) is 5.31. The van der Waals surface area contributed by atoms with E-state index in [0.29, 0.717) is 12.0 Å². The number of fused-ring (bicyclic) bond motifs is 3. The Hall–Kier alpha value is -1.51. The molecule has 1 fully saturated rings. The fraction of sp³-hybridized carbons (Fsp3) is 0.368. The molecule has 2 aromatic carbocycles. The second-order valence-electron chi connectivity index (χ2n) is 6.54. The number of rotatable bonds is 2. The maximum Gasteiger partial charge on any atom is 0.0432 e. The number of anilines is 1. The number of likely N-dealkylation sites (tertiary alicyclic amines) is 1. The van der Waals surface area contributed by atoms with Crippen LogP contribution in [0.4, 0.5) is 5.69 Å². The van der Waals surface area contributed by atoms with Crippen molar-refractivity contribution in [3.8, 4) is 0 Å². The van der Waals surface area contributed by atoms with E-state index in [0.717, 1.165) is 18.1 Å². The molecular weight excluding hydrogens is 292 g/mol. The number of nitrogens with zero attached hydrogens (tertiary/aromatic N) is 2. The van der Waals surface area contributed by atoms with Gasteiger partial charge in [-0.25, -0.2) is 0 Å². The fourth-order valence-electron chi connectivity index (χ4n) is 4.03. The number of likely N-dealkylation sites (N-methyl/N-ethyl adjacent to an activating group) is 1. The Morgan fingerprint density at radius 3 is 2.77 bits per heavy atom. The van der Waals surface area contributed by atoms with Crippen molar-refractivity contribution in [2.75, 3.05) is 25.0 Å². The van der Waals surface area contributed by atoms with Crippen molar-refractivity contribution in [1.82, 2.24) is 4.90 Å². The smallest absolute Gasteiger partial charge is 0.0432 e. The number of halogens is 1. The molecule has 0 N–H and O–H groups in total. The third-order valence-electron chi connectivity index (χ3n) is 5.07. The zero-order chi connectivity index (χ0) is 15.1. The highest BCUT2D eigenvalue weighted by Crippen LogP contribution is 2.46. The highest BCUT2D eigenvalue weighted by molar-refractivity contribution is 6.30. The quantitative estimate of drug-likeness (QED) is 0.822. The Kier molecular flexibility index (Phi) is 3.59. The topological polar surface area (TPSA) is 6.48 Å². The summed E-state index contributed by atoms with van der Waals surface area (Å²) in [7, 11) is 2.22. The lowest BCUT2D eigenvalue weighted by Crippen LogP contribution is -2.44. The number of hydrogen-bond donors (Lipinski definition) is 0. The number of hydrogen-bond acceptors (Lipinski definition) is 2. The molecule has 0 aliphatic carbocycles. The zero-order valence-electron chi connectivity index (χ0n) is 12.9. The Bertz CT molecular complexity index is 670. The van der Waals surface area contributed by atoms with Crippen LogP contribution >= 0.6 is 11.6 Å². The van der Waals surface area contributed by atoms with Gasteiger partial charge in [0.1, 0.15) is 0 Å². The molecule has 0 unspecified atom stereocenters. The standard InChI is InChI=1S/C19H21ClN2/c1-21-10-9-19-17(13-21)16-11-15(20)7-8-18(16)22(19)12-14-5-3-2-4-6-14/h2-8,11,17,19H,9-10,12-13H2,1H3/t17-,19-/m1/s1. The molecule has 2 aromatic rings. The lowest BCUT2D eigenvalue weighted by Gasteiger charge is -2.37. The minimum Gasteiger partial charge on any atom is -0.363 e. The van der Waals surface area contributed by atoms with E-state index in [4.69, 9.17) is 11.6 Å². The van der Waals surface area contributed by atoms with E-state index in [1.165, 1.54) is 29.8 Å². The van der Waals surface area contributed by atoms with Gasteiger partial charge in [-0.15, -0.1) is 0 Å². The van der Waals surface area contributed by atoms with Crippen LogP contribution in [-0.2, 0) is 6.54 Å². The van der Waals surface area contributed by atoms with Gasteiger partial charge in [-0.3, -0.25) is 0 Å². The van der Waals surface area contributed by atoms with Crippen LogP contribution in [0.15, 0.2) is 48.5 Å². The highest BCUT2D eigenvalue weighted by Gasteiger charge is 2.41. The number of benzene rings is 2.